The monoisotopic (exact) mass is 672 g/mol. The minimum absolute atomic E-state index is 0.0761. The van der Waals surface area contributed by atoms with Crippen molar-refractivity contribution in [3.8, 4) is 0 Å². The van der Waals surface area contributed by atoms with E-state index < -0.39 is 46.8 Å². The molecule has 0 radical (unpaired) electrons. The summed E-state index contributed by atoms with van der Waals surface area (Å²) in [5.74, 6) is -12.0. The SMILES string of the molecule is O=C(NCc1ccc([C@@H]2O[C@H](CSc3nc4ccccc4s3)C[C@H](c3ccc(CO)cc3)O2)cc1)c1c(F)c(F)c(F)c(F)c1F. The number of hydrogen-bond acceptors (Lipinski definition) is 7. The molecule has 1 saturated heterocycles. The third-order valence-corrected chi connectivity index (χ3v) is 9.74. The van der Waals surface area contributed by atoms with Crippen LogP contribution in [0.3, 0.4) is 0 Å². The largest absolute Gasteiger partial charge is 0.392 e. The summed E-state index contributed by atoms with van der Waals surface area (Å²) in [7, 11) is 0. The van der Waals surface area contributed by atoms with Gasteiger partial charge in [0.15, 0.2) is 33.9 Å². The zero-order chi connectivity index (χ0) is 32.4. The van der Waals surface area contributed by atoms with Gasteiger partial charge in [0.2, 0.25) is 5.82 Å². The first-order valence-electron chi connectivity index (χ1n) is 14.1. The number of fused-ring (bicyclic) bond motifs is 1. The Morgan fingerprint density at radius 3 is 2.15 bits per heavy atom. The number of aliphatic hydroxyl groups is 1. The minimum atomic E-state index is -2.34. The molecule has 5 aromatic rings. The zero-order valence-electron chi connectivity index (χ0n) is 23.8. The summed E-state index contributed by atoms with van der Waals surface area (Å²) in [6.45, 7) is -0.320. The molecule has 1 aliphatic rings. The average Bonchev–Trinajstić information content (AvgIpc) is 3.51. The van der Waals surface area contributed by atoms with E-state index in [1.54, 1.807) is 47.4 Å². The minimum Gasteiger partial charge on any atom is -0.392 e. The molecule has 6 nitrogen and oxygen atoms in total. The van der Waals surface area contributed by atoms with Gasteiger partial charge in [-0.25, -0.2) is 26.9 Å². The van der Waals surface area contributed by atoms with Crippen LogP contribution in [0.2, 0.25) is 0 Å². The Morgan fingerprint density at radius 2 is 1.48 bits per heavy atom. The summed E-state index contributed by atoms with van der Waals surface area (Å²) in [5.41, 5.74) is 2.25. The van der Waals surface area contributed by atoms with E-state index in [4.69, 9.17) is 14.5 Å². The Bertz CT molecular complexity index is 1810. The molecular weight excluding hydrogens is 647 g/mol. The zero-order valence-corrected chi connectivity index (χ0v) is 25.4. The third-order valence-electron chi connectivity index (χ3n) is 7.42. The number of thioether (sulfide) groups is 1. The molecule has 4 aromatic carbocycles. The van der Waals surface area contributed by atoms with E-state index in [-0.39, 0.29) is 25.4 Å². The average molecular weight is 673 g/mol. The lowest BCUT2D eigenvalue weighted by Gasteiger charge is -2.36. The van der Waals surface area contributed by atoms with Gasteiger partial charge in [0.05, 0.1) is 29.0 Å². The number of benzene rings is 4. The number of nitrogens with zero attached hydrogens (tertiary/aromatic N) is 1. The van der Waals surface area contributed by atoms with Crippen LogP contribution in [0.5, 0.6) is 0 Å². The van der Waals surface area contributed by atoms with E-state index in [1.165, 1.54) is 0 Å². The van der Waals surface area contributed by atoms with Gasteiger partial charge in [-0.1, -0.05) is 72.4 Å². The fourth-order valence-corrected chi connectivity index (χ4v) is 7.08. The van der Waals surface area contributed by atoms with Crippen molar-refractivity contribution in [1.82, 2.24) is 10.3 Å². The lowest BCUT2D eigenvalue weighted by molar-refractivity contribution is -0.245. The molecule has 1 fully saturated rings. The number of carbonyl (C=O) groups excluding carboxylic acids is 1. The lowest BCUT2D eigenvalue weighted by atomic mass is 10.0. The van der Waals surface area contributed by atoms with Crippen LogP contribution < -0.4 is 5.32 Å². The first-order valence-corrected chi connectivity index (χ1v) is 15.9. The molecule has 46 heavy (non-hydrogen) atoms. The Hall–Kier alpha value is -3.88. The van der Waals surface area contributed by atoms with Gasteiger partial charge >= 0.3 is 0 Å². The van der Waals surface area contributed by atoms with Crippen molar-refractivity contribution in [2.45, 2.75) is 42.4 Å². The quantitative estimate of drug-likeness (QED) is 0.0722. The maximum Gasteiger partial charge on any atom is 0.257 e. The topological polar surface area (TPSA) is 80.7 Å². The summed E-state index contributed by atoms with van der Waals surface area (Å²) in [6.07, 6.45) is -0.699. The first-order chi connectivity index (χ1) is 22.2. The van der Waals surface area contributed by atoms with Gasteiger partial charge in [0, 0.05) is 24.3 Å². The predicted molar refractivity (Wildman–Crippen MR) is 163 cm³/mol. The highest BCUT2D eigenvalue weighted by atomic mass is 32.2. The Labute approximate surface area is 268 Å². The second-order valence-corrected chi connectivity index (χ2v) is 12.8. The van der Waals surface area contributed by atoms with Crippen LogP contribution in [0.15, 0.2) is 77.1 Å². The number of hydrogen-bond donors (Lipinski definition) is 2. The number of halogens is 5. The number of para-hydroxylation sites is 1. The molecule has 3 atom stereocenters. The molecule has 2 heterocycles. The molecule has 0 aliphatic carbocycles. The number of carbonyl (C=O) groups is 1. The van der Waals surface area contributed by atoms with Crippen LogP contribution in [0.1, 0.15) is 51.4 Å². The van der Waals surface area contributed by atoms with E-state index in [9.17, 15) is 31.9 Å². The summed E-state index contributed by atoms with van der Waals surface area (Å²) in [5, 5.41) is 11.6. The number of aromatic nitrogens is 1. The first kappa shape index (κ1) is 32.1. The van der Waals surface area contributed by atoms with Gasteiger partial charge in [-0.05, 0) is 28.8 Å². The maximum atomic E-state index is 14.0. The molecular formula is C33H25F5N2O4S2. The van der Waals surface area contributed by atoms with Crippen LogP contribution in [0.25, 0.3) is 10.2 Å². The van der Waals surface area contributed by atoms with E-state index in [2.05, 4.69) is 5.32 Å². The lowest BCUT2D eigenvalue weighted by Crippen LogP contribution is -2.31. The molecule has 0 spiro atoms. The van der Waals surface area contributed by atoms with Gasteiger partial charge in [0.25, 0.3) is 5.91 Å². The van der Waals surface area contributed by atoms with Gasteiger partial charge in [-0.2, -0.15) is 0 Å². The molecule has 0 bridgehead atoms. The Kier molecular flexibility index (Phi) is 9.66. The number of amides is 1. The number of thiazole rings is 1. The summed E-state index contributed by atoms with van der Waals surface area (Å²) in [4.78, 5) is 17.0. The molecule has 2 N–H and O–H groups in total. The third kappa shape index (κ3) is 6.79. The number of aliphatic hydroxyl groups excluding tert-OH is 1. The van der Waals surface area contributed by atoms with E-state index in [0.29, 0.717) is 23.3 Å². The van der Waals surface area contributed by atoms with Crippen molar-refractivity contribution in [2.75, 3.05) is 5.75 Å². The van der Waals surface area contributed by atoms with Gasteiger partial charge in [-0.15, -0.1) is 11.3 Å². The normalized spacial score (nSPS) is 18.2. The highest BCUT2D eigenvalue weighted by Crippen LogP contribution is 2.40. The smallest absolute Gasteiger partial charge is 0.257 e. The second kappa shape index (κ2) is 13.9. The van der Waals surface area contributed by atoms with Crippen molar-refractivity contribution in [3.05, 3.63) is 130 Å². The van der Waals surface area contributed by atoms with Crippen LogP contribution in [-0.2, 0) is 22.6 Å². The molecule has 238 valence electrons. The van der Waals surface area contributed by atoms with Crippen LogP contribution in [0.4, 0.5) is 22.0 Å². The van der Waals surface area contributed by atoms with Crippen molar-refractivity contribution in [3.63, 3.8) is 0 Å². The summed E-state index contributed by atoms with van der Waals surface area (Å²) >= 11 is 3.21. The van der Waals surface area contributed by atoms with Crippen molar-refractivity contribution < 1.29 is 41.3 Å². The Morgan fingerprint density at radius 1 is 0.848 bits per heavy atom. The van der Waals surface area contributed by atoms with Crippen LogP contribution >= 0.6 is 23.1 Å². The van der Waals surface area contributed by atoms with Crippen molar-refractivity contribution in [1.29, 1.82) is 0 Å². The highest BCUT2D eigenvalue weighted by molar-refractivity contribution is 8.01. The van der Waals surface area contributed by atoms with E-state index >= 15 is 0 Å². The van der Waals surface area contributed by atoms with Crippen molar-refractivity contribution in [2.24, 2.45) is 0 Å². The highest BCUT2D eigenvalue weighted by Gasteiger charge is 2.33. The van der Waals surface area contributed by atoms with Gasteiger partial charge < -0.3 is 19.9 Å². The maximum absolute atomic E-state index is 14.0. The van der Waals surface area contributed by atoms with Gasteiger partial charge in [-0.3, -0.25) is 4.79 Å². The molecule has 0 unspecified atom stereocenters. The fraction of sp³-hybridized carbons (Fsp3) is 0.212. The summed E-state index contributed by atoms with van der Waals surface area (Å²) in [6, 6.07) is 22.1. The number of nitrogens with one attached hydrogen (secondary N) is 1. The van der Waals surface area contributed by atoms with E-state index in [1.807, 2.05) is 48.5 Å². The van der Waals surface area contributed by atoms with E-state index in [0.717, 1.165) is 25.7 Å². The molecule has 6 rings (SSSR count). The van der Waals surface area contributed by atoms with Crippen molar-refractivity contribution >= 4 is 39.2 Å². The predicted octanol–water partition coefficient (Wildman–Crippen LogP) is 7.75. The molecule has 1 aromatic heterocycles. The fourth-order valence-electron chi connectivity index (χ4n) is 4.97. The number of ether oxygens (including phenoxy) is 2. The molecule has 13 heteroatoms. The van der Waals surface area contributed by atoms with Crippen LogP contribution in [-0.4, -0.2) is 27.9 Å². The van der Waals surface area contributed by atoms with Gasteiger partial charge in [0.1, 0.15) is 5.56 Å². The number of rotatable bonds is 9. The van der Waals surface area contributed by atoms with Crippen LogP contribution in [0, 0.1) is 29.1 Å². The summed E-state index contributed by atoms with van der Waals surface area (Å²) < 4.78 is 83.2. The molecule has 0 saturated carbocycles. The Balaban J connectivity index is 1.16. The molecule has 1 amide bonds. The second-order valence-electron chi connectivity index (χ2n) is 10.5. The molecule has 1 aliphatic heterocycles. The standard InChI is InChI=1S/C33H25F5N2O4S2/c34-26-25(27(35)29(37)30(38)28(26)36)31(42)39-14-17-5-11-20(12-6-17)32-43-21(13-23(44-32)19-9-7-18(15-41)8-10-19)16-45-33-40-22-3-1-2-4-24(22)46-33/h1-12,21,23,32,41H,13-16H2,(H,39,42)/t21-,23+,32+/m0/s1.